The number of hydrogen-bond donors (Lipinski definition) is 1. The number of aryl methyl sites for hydroxylation is 1. The maximum absolute atomic E-state index is 4.40. The van der Waals surface area contributed by atoms with E-state index >= 15 is 0 Å². The number of aliphatic imine (C=N–C) groups is 1. The predicted molar refractivity (Wildman–Crippen MR) is 73.7 cm³/mol. The maximum atomic E-state index is 4.40. The highest BCUT2D eigenvalue weighted by Gasteiger charge is 2.43. The molecule has 1 saturated heterocycles. The molecule has 104 valence electrons. The summed E-state index contributed by atoms with van der Waals surface area (Å²) < 4.78 is 1.79. The summed E-state index contributed by atoms with van der Waals surface area (Å²) in [4.78, 5) is 11.0. The largest absolute Gasteiger partial charge is 0.349 e. The van der Waals surface area contributed by atoms with E-state index in [9.17, 15) is 0 Å². The molecule has 0 amide bonds. The van der Waals surface area contributed by atoms with Gasteiger partial charge in [0.05, 0.1) is 6.54 Å². The monoisotopic (exact) mass is 262 g/mol. The number of guanidine groups is 1. The van der Waals surface area contributed by atoms with Gasteiger partial charge in [0.1, 0.15) is 12.2 Å². The first-order chi connectivity index (χ1) is 9.22. The van der Waals surface area contributed by atoms with Crippen molar-refractivity contribution in [1.29, 1.82) is 0 Å². The number of likely N-dealkylation sites (tertiary alicyclic amines) is 1. The smallest absolute Gasteiger partial charge is 0.194 e. The summed E-state index contributed by atoms with van der Waals surface area (Å²) in [7, 11) is 3.76. The lowest BCUT2D eigenvalue weighted by Crippen LogP contribution is -2.42. The molecule has 0 aromatic carbocycles. The van der Waals surface area contributed by atoms with E-state index in [-0.39, 0.29) is 0 Å². The molecule has 0 unspecified atom stereocenters. The van der Waals surface area contributed by atoms with Gasteiger partial charge in [0.25, 0.3) is 0 Å². The molecule has 0 radical (unpaired) electrons. The molecular formula is C13H22N6. The molecule has 1 aliphatic carbocycles. The number of nitrogens with zero attached hydrogens (tertiary/aromatic N) is 5. The van der Waals surface area contributed by atoms with Crippen molar-refractivity contribution in [3.63, 3.8) is 0 Å². The maximum Gasteiger partial charge on any atom is 0.194 e. The third-order valence-corrected chi connectivity index (χ3v) is 4.57. The van der Waals surface area contributed by atoms with Gasteiger partial charge in [-0.1, -0.05) is 6.42 Å². The van der Waals surface area contributed by atoms with E-state index in [4.69, 9.17) is 0 Å². The van der Waals surface area contributed by atoms with Crippen molar-refractivity contribution in [1.82, 2.24) is 25.0 Å². The Balaban J connectivity index is 1.58. The molecule has 1 aliphatic heterocycles. The van der Waals surface area contributed by atoms with E-state index in [2.05, 4.69) is 25.3 Å². The number of aromatic nitrogens is 3. The second-order valence-corrected chi connectivity index (χ2v) is 5.73. The molecule has 2 fully saturated rings. The Labute approximate surface area is 113 Å². The van der Waals surface area contributed by atoms with Gasteiger partial charge in [-0.3, -0.25) is 9.67 Å². The summed E-state index contributed by atoms with van der Waals surface area (Å²) in [5.74, 6) is 1.92. The van der Waals surface area contributed by atoms with Crippen LogP contribution in [0.25, 0.3) is 0 Å². The van der Waals surface area contributed by atoms with Crippen molar-refractivity contribution >= 4 is 5.96 Å². The van der Waals surface area contributed by atoms with Crippen molar-refractivity contribution in [3.05, 3.63) is 12.2 Å². The molecule has 6 nitrogen and oxygen atoms in total. The minimum absolute atomic E-state index is 0.600. The molecule has 3 rings (SSSR count). The topological polar surface area (TPSA) is 58.3 Å². The molecule has 2 aliphatic rings. The third-order valence-electron chi connectivity index (χ3n) is 4.57. The van der Waals surface area contributed by atoms with Gasteiger partial charge in [-0.2, -0.15) is 5.10 Å². The Morgan fingerprint density at radius 1 is 1.47 bits per heavy atom. The first kappa shape index (κ1) is 12.4. The lowest BCUT2D eigenvalue weighted by Gasteiger charge is -2.38. The molecule has 1 saturated carbocycles. The summed E-state index contributed by atoms with van der Waals surface area (Å²) >= 11 is 0. The fraction of sp³-hybridized carbons (Fsp3) is 0.769. The van der Waals surface area contributed by atoms with E-state index in [0.717, 1.165) is 24.9 Å². The molecule has 2 heterocycles. The Bertz CT molecular complexity index is 473. The van der Waals surface area contributed by atoms with Crippen LogP contribution in [-0.2, 0) is 13.6 Å². The van der Waals surface area contributed by atoms with E-state index in [1.807, 2.05) is 14.1 Å². The lowest BCUT2D eigenvalue weighted by atomic mass is 9.68. The lowest BCUT2D eigenvalue weighted by molar-refractivity contribution is 0.151. The predicted octanol–water partition coefficient (Wildman–Crippen LogP) is 0.766. The van der Waals surface area contributed by atoms with E-state index in [0.29, 0.717) is 12.0 Å². The minimum Gasteiger partial charge on any atom is -0.349 e. The van der Waals surface area contributed by atoms with Crippen molar-refractivity contribution in [3.8, 4) is 0 Å². The molecule has 1 aromatic heterocycles. The van der Waals surface area contributed by atoms with Crippen LogP contribution in [0.3, 0.4) is 0 Å². The van der Waals surface area contributed by atoms with E-state index < -0.39 is 0 Å². The Morgan fingerprint density at radius 3 is 2.84 bits per heavy atom. The minimum atomic E-state index is 0.600. The zero-order chi connectivity index (χ0) is 13.3. The second-order valence-electron chi connectivity index (χ2n) is 5.73. The molecule has 1 N–H and O–H groups in total. The van der Waals surface area contributed by atoms with Crippen LogP contribution in [0.15, 0.2) is 11.3 Å². The van der Waals surface area contributed by atoms with E-state index in [1.165, 1.54) is 25.7 Å². The zero-order valence-corrected chi connectivity index (χ0v) is 11.8. The van der Waals surface area contributed by atoms with Crippen LogP contribution in [0, 0.1) is 5.41 Å². The molecule has 0 atom stereocenters. The Morgan fingerprint density at radius 2 is 2.32 bits per heavy atom. The van der Waals surface area contributed by atoms with Crippen molar-refractivity contribution in [2.75, 3.05) is 20.1 Å². The molecular weight excluding hydrogens is 240 g/mol. The van der Waals surface area contributed by atoms with Gasteiger partial charge in [-0.25, -0.2) is 4.98 Å². The quantitative estimate of drug-likeness (QED) is 0.632. The fourth-order valence-corrected chi connectivity index (χ4v) is 3.17. The van der Waals surface area contributed by atoms with Crippen LogP contribution in [0.2, 0.25) is 0 Å². The van der Waals surface area contributed by atoms with Gasteiger partial charge in [-0.15, -0.1) is 0 Å². The number of nitrogens with one attached hydrogen (secondary N) is 1. The van der Waals surface area contributed by atoms with Gasteiger partial charge in [0.2, 0.25) is 0 Å². The van der Waals surface area contributed by atoms with Crippen molar-refractivity contribution in [2.45, 2.75) is 32.2 Å². The standard InChI is InChI=1S/C13H22N6/c1-14-12(15-8-11-16-10-17-18(11)2)19-7-6-13(9-19)4-3-5-13/h10H,3-9H2,1-2H3,(H,14,15). The molecule has 6 heteroatoms. The van der Waals surface area contributed by atoms with Crippen LogP contribution >= 0.6 is 0 Å². The van der Waals surface area contributed by atoms with Gasteiger partial charge < -0.3 is 10.2 Å². The Kier molecular flexibility index (Phi) is 3.16. The summed E-state index contributed by atoms with van der Waals surface area (Å²) in [5, 5.41) is 7.47. The van der Waals surface area contributed by atoms with Crippen LogP contribution in [0.5, 0.6) is 0 Å². The third kappa shape index (κ3) is 2.31. The first-order valence-electron chi connectivity index (χ1n) is 7.01. The number of rotatable bonds is 2. The van der Waals surface area contributed by atoms with Crippen LogP contribution in [-0.4, -0.2) is 45.8 Å². The zero-order valence-electron chi connectivity index (χ0n) is 11.8. The average molecular weight is 262 g/mol. The molecule has 1 aromatic rings. The van der Waals surface area contributed by atoms with Crippen LogP contribution in [0.1, 0.15) is 31.5 Å². The SMILES string of the molecule is CN=C(NCc1ncnn1C)N1CCC2(CCC2)C1. The van der Waals surface area contributed by atoms with Crippen molar-refractivity contribution < 1.29 is 0 Å². The molecule has 1 spiro atoms. The fourth-order valence-electron chi connectivity index (χ4n) is 3.17. The summed E-state index contributed by atoms with van der Waals surface area (Å²) in [6, 6.07) is 0. The highest BCUT2D eigenvalue weighted by Crippen LogP contribution is 2.47. The van der Waals surface area contributed by atoms with Crippen LogP contribution in [0.4, 0.5) is 0 Å². The molecule has 0 bridgehead atoms. The summed E-state index contributed by atoms with van der Waals surface area (Å²) in [5.41, 5.74) is 0.600. The summed E-state index contributed by atoms with van der Waals surface area (Å²) in [6.45, 7) is 2.96. The van der Waals surface area contributed by atoms with Gasteiger partial charge in [0, 0.05) is 27.2 Å². The number of hydrogen-bond acceptors (Lipinski definition) is 3. The van der Waals surface area contributed by atoms with Gasteiger partial charge >= 0.3 is 0 Å². The van der Waals surface area contributed by atoms with E-state index in [1.54, 1.807) is 11.0 Å². The normalized spacial score (nSPS) is 21.8. The average Bonchev–Trinajstić information content (AvgIpc) is 2.97. The van der Waals surface area contributed by atoms with Crippen molar-refractivity contribution in [2.24, 2.45) is 17.5 Å². The first-order valence-corrected chi connectivity index (χ1v) is 7.01. The highest BCUT2D eigenvalue weighted by atomic mass is 15.3. The summed E-state index contributed by atoms with van der Waals surface area (Å²) in [6.07, 6.45) is 7.09. The second kappa shape index (κ2) is 4.83. The van der Waals surface area contributed by atoms with Crippen LogP contribution < -0.4 is 5.32 Å². The van der Waals surface area contributed by atoms with Gasteiger partial charge in [0.15, 0.2) is 5.96 Å². The Hall–Kier alpha value is -1.59. The highest BCUT2D eigenvalue weighted by molar-refractivity contribution is 5.80. The molecule has 19 heavy (non-hydrogen) atoms. The van der Waals surface area contributed by atoms with Gasteiger partial charge in [-0.05, 0) is 24.7 Å².